The predicted molar refractivity (Wildman–Crippen MR) is 103 cm³/mol. The molecule has 0 unspecified atom stereocenters. The summed E-state index contributed by atoms with van der Waals surface area (Å²) in [5.41, 5.74) is 1.69. The van der Waals surface area contributed by atoms with Crippen LogP contribution < -0.4 is 5.56 Å². The van der Waals surface area contributed by atoms with E-state index in [9.17, 15) is 4.79 Å². The third kappa shape index (κ3) is 2.89. The molecule has 0 aliphatic rings. The van der Waals surface area contributed by atoms with Crippen LogP contribution in [0.1, 0.15) is 11.4 Å². The summed E-state index contributed by atoms with van der Waals surface area (Å²) < 4.78 is 0. The molecule has 0 saturated carbocycles. The smallest absolute Gasteiger partial charge is 0.260 e. The molecular formula is C17H10Cl2N2OS2. The van der Waals surface area contributed by atoms with Crippen molar-refractivity contribution in [1.82, 2.24) is 9.97 Å². The van der Waals surface area contributed by atoms with Crippen molar-refractivity contribution in [2.24, 2.45) is 0 Å². The van der Waals surface area contributed by atoms with Gasteiger partial charge in [0, 0.05) is 32.3 Å². The lowest BCUT2D eigenvalue weighted by Gasteiger charge is -2.05. The van der Waals surface area contributed by atoms with Crippen LogP contribution >= 0.6 is 45.9 Å². The molecule has 0 spiro atoms. The minimum atomic E-state index is -0.121. The summed E-state index contributed by atoms with van der Waals surface area (Å²) in [4.78, 5) is 21.9. The van der Waals surface area contributed by atoms with Crippen molar-refractivity contribution in [3.05, 3.63) is 72.9 Å². The zero-order chi connectivity index (χ0) is 16.7. The summed E-state index contributed by atoms with van der Waals surface area (Å²) in [6.45, 7) is 0. The van der Waals surface area contributed by atoms with E-state index in [4.69, 9.17) is 23.2 Å². The van der Waals surface area contributed by atoms with E-state index in [1.54, 1.807) is 23.5 Å². The highest BCUT2D eigenvalue weighted by Crippen LogP contribution is 2.33. The second-order valence-corrected chi connectivity index (χ2v) is 7.88. The molecule has 0 amide bonds. The molecular weight excluding hydrogens is 383 g/mol. The van der Waals surface area contributed by atoms with Gasteiger partial charge in [-0.1, -0.05) is 35.3 Å². The molecule has 1 N–H and O–H groups in total. The lowest BCUT2D eigenvalue weighted by atomic mass is 10.1. The third-order valence-electron chi connectivity index (χ3n) is 3.65. The molecule has 3 nitrogen and oxygen atoms in total. The Kier molecular flexibility index (Phi) is 4.18. The van der Waals surface area contributed by atoms with Gasteiger partial charge in [0.25, 0.3) is 5.56 Å². The highest BCUT2D eigenvalue weighted by molar-refractivity contribution is 7.18. The van der Waals surface area contributed by atoms with Crippen LogP contribution in [0.15, 0.2) is 45.9 Å². The van der Waals surface area contributed by atoms with Gasteiger partial charge in [0.1, 0.15) is 10.7 Å². The monoisotopic (exact) mass is 392 g/mol. The summed E-state index contributed by atoms with van der Waals surface area (Å²) in [6, 6.07) is 9.30. The molecule has 0 bridgehead atoms. The van der Waals surface area contributed by atoms with Crippen LogP contribution in [0.3, 0.4) is 0 Å². The van der Waals surface area contributed by atoms with Gasteiger partial charge >= 0.3 is 0 Å². The number of benzene rings is 1. The van der Waals surface area contributed by atoms with Crippen molar-refractivity contribution in [3.63, 3.8) is 0 Å². The highest BCUT2D eigenvalue weighted by Gasteiger charge is 2.14. The number of hydrogen-bond acceptors (Lipinski definition) is 4. The van der Waals surface area contributed by atoms with E-state index in [1.165, 1.54) is 11.3 Å². The summed E-state index contributed by atoms with van der Waals surface area (Å²) in [7, 11) is 0. The number of nitrogens with one attached hydrogen (secondary N) is 1. The fourth-order valence-corrected chi connectivity index (χ4v) is 4.79. The molecule has 1 aromatic carbocycles. The Morgan fingerprint density at radius 3 is 2.79 bits per heavy atom. The van der Waals surface area contributed by atoms with Gasteiger partial charge in [-0.25, -0.2) is 4.98 Å². The minimum Gasteiger partial charge on any atom is -0.310 e. The van der Waals surface area contributed by atoms with E-state index in [0.29, 0.717) is 27.7 Å². The van der Waals surface area contributed by atoms with Gasteiger partial charge < -0.3 is 4.98 Å². The van der Waals surface area contributed by atoms with E-state index in [2.05, 4.69) is 9.97 Å². The summed E-state index contributed by atoms with van der Waals surface area (Å²) in [6.07, 6.45) is 0.452. The standard InChI is InChI=1S/C17H10Cl2N2OS2/c18-10-4-3-9(12(19)7-10)6-14-20-16(22)15-11(8-24-17(15)21-14)13-2-1-5-23-13/h1-5,7-8H,6H2,(H,20,21,22). The Bertz CT molecular complexity index is 1080. The highest BCUT2D eigenvalue weighted by atomic mass is 35.5. The zero-order valence-electron chi connectivity index (χ0n) is 12.2. The molecule has 7 heteroatoms. The number of H-pyrrole nitrogens is 1. The maximum Gasteiger partial charge on any atom is 0.260 e. The second kappa shape index (κ2) is 6.33. The molecule has 0 saturated heterocycles. The third-order valence-corrected chi connectivity index (χ3v) is 6.01. The first-order chi connectivity index (χ1) is 11.6. The summed E-state index contributed by atoms with van der Waals surface area (Å²) in [5.74, 6) is 0.594. The molecule has 3 heterocycles. The topological polar surface area (TPSA) is 45.8 Å². The molecule has 0 aliphatic carbocycles. The van der Waals surface area contributed by atoms with Crippen LogP contribution in [0.2, 0.25) is 10.0 Å². The Morgan fingerprint density at radius 2 is 2.04 bits per heavy atom. The van der Waals surface area contributed by atoms with Crippen LogP contribution in [0.25, 0.3) is 20.7 Å². The molecule has 0 atom stereocenters. The number of hydrogen-bond donors (Lipinski definition) is 1. The van der Waals surface area contributed by atoms with Gasteiger partial charge in [-0.15, -0.1) is 22.7 Å². The van der Waals surface area contributed by atoms with Crippen LogP contribution in [-0.2, 0) is 6.42 Å². The molecule has 0 fully saturated rings. The largest absolute Gasteiger partial charge is 0.310 e. The SMILES string of the molecule is O=c1[nH]c(Cc2ccc(Cl)cc2Cl)nc2scc(-c3cccs3)c12. The lowest BCUT2D eigenvalue weighted by Crippen LogP contribution is -2.11. The summed E-state index contributed by atoms with van der Waals surface area (Å²) >= 11 is 15.2. The van der Waals surface area contributed by atoms with E-state index in [1.807, 2.05) is 29.0 Å². The Labute approximate surface area is 155 Å². The number of nitrogens with zero attached hydrogens (tertiary/aromatic N) is 1. The summed E-state index contributed by atoms with van der Waals surface area (Å²) in [5, 5.41) is 5.78. The van der Waals surface area contributed by atoms with E-state index in [-0.39, 0.29) is 5.56 Å². The number of rotatable bonds is 3. The quantitative estimate of drug-likeness (QED) is 0.492. The van der Waals surface area contributed by atoms with Gasteiger partial charge in [-0.3, -0.25) is 4.79 Å². The van der Waals surface area contributed by atoms with Crippen LogP contribution in [0.5, 0.6) is 0 Å². The minimum absolute atomic E-state index is 0.121. The van der Waals surface area contributed by atoms with Crippen molar-refractivity contribution >= 4 is 56.1 Å². The zero-order valence-corrected chi connectivity index (χ0v) is 15.3. The van der Waals surface area contributed by atoms with Gasteiger partial charge in [0.15, 0.2) is 0 Å². The van der Waals surface area contributed by atoms with Crippen LogP contribution in [0.4, 0.5) is 0 Å². The number of aromatic amines is 1. The molecule has 4 rings (SSSR count). The van der Waals surface area contributed by atoms with Crippen LogP contribution in [-0.4, -0.2) is 9.97 Å². The fourth-order valence-electron chi connectivity index (χ4n) is 2.54. The van der Waals surface area contributed by atoms with Crippen molar-refractivity contribution in [1.29, 1.82) is 0 Å². The molecule has 0 aliphatic heterocycles. The van der Waals surface area contributed by atoms with E-state index in [0.717, 1.165) is 20.8 Å². The van der Waals surface area contributed by atoms with Crippen molar-refractivity contribution in [3.8, 4) is 10.4 Å². The predicted octanol–water partition coefficient (Wildman–Crippen LogP) is 5.61. The first-order valence-electron chi connectivity index (χ1n) is 7.10. The Balaban J connectivity index is 1.78. The molecule has 120 valence electrons. The van der Waals surface area contributed by atoms with Crippen molar-refractivity contribution in [2.75, 3.05) is 0 Å². The molecule has 0 radical (unpaired) electrons. The van der Waals surface area contributed by atoms with Gasteiger partial charge in [-0.2, -0.15) is 0 Å². The maximum atomic E-state index is 12.6. The Morgan fingerprint density at radius 1 is 1.17 bits per heavy atom. The first kappa shape index (κ1) is 15.8. The molecule has 24 heavy (non-hydrogen) atoms. The molecule has 3 aromatic heterocycles. The average molecular weight is 393 g/mol. The van der Waals surface area contributed by atoms with E-state index >= 15 is 0 Å². The number of fused-ring (bicyclic) bond motifs is 1. The Hall–Kier alpha value is -1.66. The molecule has 4 aromatic rings. The maximum absolute atomic E-state index is 12.6. The van der Waals surface area contributed by atoms with Crippen molar-refractivity contribution < 1.29 is 0 Å². The fraction of sp³-hybridized carbons (Fsp3) is 0.0588. The normalized spacial score (nSPS) is 11.2. The van der Waals surface area contributed by atoms with Gasteiger partial charge in [0.05, 0.1) is 5.39 Å². The van der Waals surface area contributed by atoms with E-state index < -0.39 is 0 Å². The van der Waals surface area contributed by atoms with Crippen molar-refractivity contribution in [2.45, 2.75) is 6.42 Å². The lowest BCUT2D eigenvalue weighted by molar-refractivity contribution is 0.977. The van der Waals surface area contributed by atoms with Crippen LogP contribution in [0, 0.1) is 0 Å². The second-order valence-electron chi connectivity index (χ2n) is 5.23. The van der Waals surface area contributed by atoms with Gasteiger partial charge in [-0.05, 0) is 29.1 Å². The first-order valence-corrected chi connectivity index (χ1v) is 9.61. The average Bonchev–Trinajstić information content (AvgIpc) is 3.19. The number of thiophene rings is 2. The number of aromatic nitrogens is 2. The van der Waals surface area contributed by atoms with Gasteiger partial charge in [0.2, 0.25) is 0 Å². The number of halogens is 2.